The molecule has 4 rings (SSSR count). The van der Waals surface area contributed by atoms with Gasteiger partial charge in [0.05, 0.1) is 23.9 Å². The second kappa shape index (κ2) is 9.13. The number of hydrogen-bond acceptors (Lipinski definition) is 7. The van der Waals surface area contributed by atoms with E-state index in [1.807, 2.05) is 6.92 Å². The number of amides is 1. The summed E-state index contributed by atoms with van der Waals surface area (Å²) in [5.41, 5.74) is 2.47. The van der Waals surface area contributed by atoms with E-state index in [2.05, 4.69) is 15.3 Å². The Hall–Kier alpha value is -3.17. The van der Waals surface area contributed by atoms with Crippen molar-refractivity contribution in [2.45, 2.75) is 39.2 Å². The lowest BCUT2D eigenvalue weighted by molar-refractivity contribution is -0.148. The summed E-state index contributed by atoms with van der Waals surface area (Å²) in [6, 6.07) is 3.59. The van der Waals surface area contributed by atoms with Crippen LogP contribution in [0, 0.1) is 24.7 Å². The first-order valence-corrected chi connectivity index (χ1v) is 10.9. The molecule has 1 amide bonds. The van der Waals surface area contributed by atoms with Gasteiger partial charge in [-0.3, -0.25) is 4.79 Å². The maximum Gasteiger partial charge on any atom is 0.409 e. The van der Waals surface area contributed by atoms with Crippen molar-refractivity contribution >= 4 is 12.1 Å². The van der Waals surface area contributed by atoms with E-state index in [0.717, 1.165) is 6.42 Å². The molecule has 2 aromatic heterocycles. The highest BCUT2D eigenvalue weighted by atomic mass is 16.6. The average Bonchev–Trinajstić information content (AvgIpc) is 3.46. The summed E-state index contributed by atoms with van der Waals surface area (Å²) >= 11 is 0. The molecule has 0 saturated heterocycles. The van der Waals surface area contributed by atoms with Crippen molar-refractivity contribution in [1.82, 2.24) is 24.9 Å². The number of hydrogen-bond donors (Lipinski definition) is 1. The highest BCUT2D eigenvalue weighted by Crippen LogP contribution is 2.35. The summed E-state index contributed by atoms with van der Waals surface area (Å²) < 4.78 is 12.9. The molecule has 0 aromatic carbocycles. The molecular weight excluding hydrogens is 414 g/mol. The van der Waals surface area contributed by atoms with Gasteiger partial charge in [-0.2, -0.15) is 0 Å². The van der Waals surface area contributed by atoms with Crippen LogP contribution in [0.3, 0.4) is 0 Å². The van der Waals surface area contributed by atoms with Gasteiger partial charge in [0.25, 0.3) is 0 Å². The zero-order chi connectivity index (χ0) is 22.8. The number of carbonyl (C=O) groups excluding carboxylic acids is 1. The van der Waals surface area contributed by atoms with Gasteiger partial charge in [0.15, 0.2) is 0 Å². The fourth-order valence-corrected chi connectivity index (χ4v) is 3.86. The molecule has 2 aromatic rings. The molecule has 172 valence electrons. The van der Waals surface area contributed by atoms with E-state index in [-0.39, 0.29) is 24.5 Å². The smallest absolute Gasteiger partial charge is 0.409 e. The maximum atomic E-state index is 12.3. The molecule has 2 fully saturated rings. The minimum Gasteiger partial charge on any atom is -0.491 e. The molecule has 2 atom stereocenters. The number of carbonyl (C=O) groups is 2. The Morgan fingerprint density at radius 3 is 2.66 bits per heavy atom. The van der Waals surface area contributed by atoms with E-state index < -0.39 is 5.97 Å². The summed E-state index contributed by atoms with van der Waals surface area (Å²) in [6.07, 6.45) is 3.53. The Morgan fingerprint density at radius 2 is 2.03 bits per heavy atom. The topological polar surface area (TPSA) is 120 Å². The van der Waals surface area contributed by atoms with Crippen LogP contribution in [-0.4, -0.2) is 62.2 Å². The van der Waals surface area contributed by atoms with Crippen LogP contribution in [0.2, 0.25) is 0 Å². The lowest BCUT2D eigenvalue weighted by atomic mass is 9.74. The molecule has 2 saturated carbocycles. The fourth-order valence-electron chi connectivity index (χ4n) is 3.86. The van der Waals surface area contributed by atoms with Gasteiger partial charge >= 0.3 is 12.1 Å². The van der Waals surface area contributed by atoms with E-state index in [0.29, 0.717) is 54.0 Å². The van der Waals surface area contributed by atoms with Crippen molar-refractivity contribution in [2.24, 2.45) is 24.8 Å². The van der Waals surface area contributed by atoms with Gasteiger partial charge in [-0.25, -0.2) is 14.5 Å². The normalized spacial score (nSPS) is 19.8. The zero-order valence-corrected chi connectivity index (χ0v) is 18.7. The van der Waals surface area contributed by atoms with Crippen molar-refractivity contribution in [2.75, 3.05) is 20.2 Å². The predicted molar refractivity (Wildman–Crippen MR) is 114 cm³/mol. The number of aromatic nitrogens is 4. The molecule has 2 heterocycles. The van der Waals surface area contributed by atoms with E-state index in [1.165, 1.54) is 12.8 Å². The van der Waals surface area contributed by atoms with Crippen LogP contribution in [-0.2, 0) is 23.2 Å². The number of pyridine rings is 1. The molecule has 0 bridgehead atoms. The zero-order valence-electron chi connectivity index (χ0n) is 18.7. The summed E-state index contributed by atoms with van der Waals surface area (Å²) in [4.78, 5) is 29.6. The number of rotatable bonds is 9. The second-order valence-electron chi connectivity index (χ2n) is 8.76. The Kier molecular flexibility index (Phi) is 6.29. The van der Waals surface area contributed by atoms with E-state index in [9.17, 15) is 14.7 Å². The molecule has 10 nitrogen and oxygen atoms in total. The number of aryl methyl sites for hydroxylation is 2. The van der Waals surface area contributed by atoms with Crippen molar-refractivity contribution in [1.29, 1.82) is 0 Å². The lowest BCUT2D eigenvalue weighted by Crippen LogP contribution is -2.36. The number of carboxylic acid groups (broad SMARTS) is 1. The Balaban J connectivity index is 1.39. The van der Waals surface area contributed by atoms with Gasteiger partial charge in [0.2, 0.25) is 0 Å². The molecule has 2 aliphatic rings. The first kappa shape index (κ1) is 22.0. The maximum absolute atomic E-state index is 12.3. The van der Waals surface area contributed by atoms with Gasteiger partial charge < -0.3 is 19.5 Å². The highest BCUT2D eigenvalue weighted by Gasteiger charge is 2.37. The lowest BCUT2D eigenvalue weighted by Gasteiger charge is -2.33. The first-order chi connectivity index (χ1) is 15.3. The molecule has 2 aliphatic carbocycles. The standard InChI is InChI=1S/C22H29N5O5/c1-13-19(31-11-15-6-7-16(15)21(28)29)9-8-17(23-13)20-18(27(3)25-24-20)12-32-22(30)26(2)10-14-4-5-14/h8-9,14-16H,4-7,10-12H2,1-3H3,(H,28,29)/t15-,16+/m0/s1. The average molecular weight is 444 g/mol. The molecule has 1 N–H and O–H groups in total. The van der Waals surface area contributed by atoms with Gasteiger partial charge in [-0.05, 0) is 50.7 Å². The van der Waals surface area contributed by atoms with Crippen LogP contribution in [0.4, 0.5) is 4.79 Å². The van der Waals surface area contributed by atoms with Crippen LogP contribution in [0.1, 0.15) is 37.1 Å². The quantitative estimate of drug-likeness (QED) is 0.628. The third kappa shape index (κ3) is 4.84. The first-order valence-electron chi connectivity index (χ1n) is 10.9. The number of aliphatic carboxylic acids is 1. The van der Waals surface area contributed by atoms with Crippen LogP contribution < -0.4 is 4.74 Å². The molecule has 10 heteroatoms. The molecule has 0 unspecified atom stereocenters. The molecule has 32 heavy (non-hydrogen) atoms. The van der Waals surface area contributed by atoms with E-state index >= 15 is 0 Å². The Morgan fingerprint density at radius 1 is 1.25 bits per heavy atom. The van der Waals surface area contributed by atoms with Gasteiger partial charge in [0.1, 0.15) is 23.7 Å². The van der Waals surface area contributed by atoms with Crippen LogP contribution in [0.5, 0.6) is 5.75 Å². The predicted octanol–water partition coefficient (Wildman–Crippen LogP) is 2.65. The monoisotopic (exact) mass is 443 g/mol. The van der Waals surface area contributed by atoms with Gasteiger partial charge in [-0.1, -0.05) is 5.21 Å². The largest absolute Gasteiger partial charge is 0.491 e. The van der Waals surface area contributed by atoms with Crippen molar-refractivity contribution in [3.8, 4) is 17.1 Å². The Bertz CT molecular complexity index is 1000. The number of nitrogens with zero attached hydrogens (tertiary/aromatic N) is 5. The fraction of sp³-hybridized carbons (Fsp3) is 0.591. The second-order valence-corrected chi connectivity index (χ2v) is 8.76. The third-order valence-electron chi connectivity index (χ3n) is 6.28. The van der Waals surface area contributed by atoms with Crippen molar-refractivity contribution < 1.29 is 24.2 Å². The molecule has 0 spiro atoms. The van der Waals surface area contributed by atoms with Crippen LogP contribution in [0.25, 0.3) is 11.4 Å². The minimum absolute atomic E-state index is 0.0332. The SMILES string of the molecule is Cc1nc(-c2nnn(C)c2COC(=O)N(C)CC2CC2)ccc1OC[C@@H]1CC[C@H]1C(=O)O. The Labute approximate surface area is 186 Å². The molecular formula is C22H29N5O5. The van der Waals surface area contributed by atoms with Gasteiger partial charge in [-0.15, -0.1) is 5.10 Å². The van der Waals surface area contributed by atoms with Crippen LogP contribution >= 0.6 is 0 Å². The van der Waals surface area contributed by atoms with Crippen molar-refractivity contribution in [3.05, 3.63) is 23.5 Å². The number of carboxylic acids is 1. The molecule has 0 radical (unpaired) electrons. The van der Waals surface area contributed by atoms with E-state index in [4.69, 9.17) is 9.47 Å². The van der Waals surface area contributed by atoms with Gasteiger partial charge in [0, 0.05) is 26.6 Å². The number of ether oxygens (including phenoxy) is 2. The summed E-state index contributed by atoms with van der Waals surface area (Å²) in [5, 5.41) is 17.4. The van der Waals surface area contributed by atoms with E-state index in [1.54, 1.807) is 35.8 Å². The van der Waals surface area contributed by atoms with Crippen molar-refractivity contribution in [3.63, 3.8) is 0 Å². The minimum atomic E-state index is -0.760. The summed E-state index contributed by atoms with van der Waals surface area (Å²) in [7, 11) is 3.49. The third-order valence-corrected chi connectivity index (χ3v) is 6.28. The highest BCUT2D eigenvalue weighted by molar-refractivity contribution is 5.71. The summed E-state index contributed by atoms with van der Waals surface area (Å²) in [6.45, 7) is 2.95. The van der Waals surface area contributed by atoms with Crippen LogP contribution in [0.15, 0.2) is 12.1 Å². The molecule has 0 aliphatic heterocycles. The summed E-state index contributed by atoms with van der Waals surface area (Å²) in [5.74, 6) is 0.156.